The van der Waals surface area contributed by atoms with Crippen molar-refractivity contribution in [1.82, 2.24) is 14.8 Å². The highest BCUT2D eigenvalue weighted by Crippen LogP contribution is 2.31. The van der Waals surface area contributed by atoms with Gasteiger partial charge >= 0.3 is 6.18 Å². The van der Waals surface area contributed by atoms with Gasteiger partial charge < -0.3 is 14.3 Å². The number of oxime groups is 1. The van der Waals surface area contributed by atoms with E-state index in [0.717, 1.165) is 23.8 Å². The van der Waals surface area contributed by atoms with Gasteiger partial charge in [-0.1, -0.05) is 23.4 Å². The lowest BCUT2D eigenvalue weighted by atomic mass is 10.2. The smallest absolute Gasteiger partial charge is 0.417 e. The van der Waals surface area contributed by atoms with Gasteiger partial charge in [0.1, 0.15) is 12.4 Å². The van der Waals surface area contributed by atoms with Gasteiger partial charge in [0.2, 0.25) is 17.6 Å². The molecular formula is C25H19F5N4O3. The van der Waals surface area contributed by atoms with Crippen LogP contribution in [0.5, 0.6) is 23.3 Å². The summed E-state index contributed by atoms with van der Waals surface area (Å²) in [5, 5.41) is 8.12. The first-order chi connectivity index (χ1) is 17.6. The molecule has 0 unspecified atom stereocenters. The molecular weight excluding hydrogens is 499 g/mol. The van der Waals surface area contributed by atoms with Gasteiger partial charge in [-0.2, -0.15) is 22.7 Å². The molecule has 0 radical (unpaired) electrons. The fourth-order valence-corrected chi connectivity index (χ4v) is 3.17. The van der Waals surface area contributed by atoms with Crippen LogP contribution in [0.15, 0.2) is 65.9 Å². The van der Waals surface area contributed by atoms with Crippen molar-refractivity contribution >= 4 is 6.21 Å². The van der Waals surface area contributed by atoms with Gasteiger partial charge in [-0.15, -0.1) is 0 Å². The molecule has 2 aromatic heterocycles. The Hall–Kier alpha value is -4.48. The summed E-state index contributed by atoms with van der Waals surface area (Å²) in [6, 6.07) is 12.2. The number of aromatic nitrogens is 3. The largest absolute Gasteiger partial charge is 0.439 e. The van der Waals surface area contributed by atoms with Gasteiger partial charge in [-0.05, 0) is 42.8 Å². The third-order valence-electron chi connectivity index (χ3n) is 5.03. The molecule has 2 aromatic carbocycles. The van der Waals surface area contributed by atoms with Gasteiger partial charge in [0.05, 0.1) is 23.0 Å². The van der Waals surface area contributed by atoms with Crippen LogP contribution in [-0.2, 0) is 24.7 Å². The first-order valence-electron chi connectivity index (χ1n) is 10.7. The molecule has 0 amide bonds. The Labute approximate surface area is 207 Å². The second-order valence-electron chi connectivity index (χ2n) is 7.72. The van der Waals surface area contributed by atoms with Crippen molar-refractivity contribution in [3.63, 3.8) is 0 Å². The quantitative estimate of drug-likeness (QED) is 0.150. The molecule has 0 atom stereocenters. The summed E-state index contributed by atoms with van der Waals surface area (Å²) in [5.41, 5.74) is 0.805. The third-order valence-corrected chi connectivity index (χ3v) is 5.03. The maximum Gasteiger partial charge on any atom is 0.417 e. The van der Waals surface area contributed by atoms with Crippen LogP contribution in [-0.4, -0.2) is 21.0 Å². The van der Waals surface area contributed by atoms with Crippen LogP contribution in [0, 0.1) is 18.6 Å². The molecule has 0 aliphatic carbocycles. The monoisotopic (exact) mass is 518 g/mol. The number of halogens is 5. The van der Waals surface area contributed by atoms with Crippen LogP contribution in [0.1, 0.15) is 22.4 Å². The van der Waals surface area contributed by atoms with Crippen LogP contribution in [0.3, 0.4) is 0 Å². The number of benzene rings is 2. The van der Waals surface area contributed by atoms with E-state index in [9.17, 15) is 22.0 Å². The third kappa shape index (κ3) is 6.21. The number of hydrogen-bond acceptors (Lipinski definition) is 6. The van der Waals surface area contributed by atoms with Crippen molar-refractivity contribution < 1.29 is 36.3 Å². The molecule has 192 valence electrons. The maximum atomic E-state index is 14.0. The van der Waals surface area contributed by atoms with Crippen molar-refractivity contribution in [3.8, 4) is 23.3 Å². The number of hydrogen-bond donors (Lipinski definition) is 0. The van der Waals surface area contributed by atoms with Gasteiger partial charge in [0.15, 0.2) is 11.6 Å². The normalized spacial score (nSPS) is 11.6. The molecule has 0 N–H and O–H groups in total. The summed E-state index contributed by atoms with van der Waals surface area (Å²) in [6.45, 7) is 1.78. The minimum Gasteiger partial charge on any atom is -0.439 e. The first kappa shape index (κ1) is 25.6. The van der Waals surface area contributed by atoms with Gasteiger partial charge in [0, 0.05) is 19.3 Å². The molecule has 12 heteroatoms. The number of aryl methyl sites for hydroxylation is 2. The summed E-state index contributed by atoms with van der Waals surface area (Å²) in [6.07, 6.45) is -2.42. The zero-order valence-electron chi connectivity index (χ0n) is 19.5. The highest BCUT2D eigenvalue weighted by Gasteiger charge is 2.30. The topological polar surface area (TPSA) is 70.8 Å². The molecule has 2 heterocycles. The predicted molar refractivity (Wildman–Crippen MR) is 123 cm³/mol. The average Bonchev–Trinajstić information content (AvgIpc) is 3.12. The van der Waals surface area contributed by atoms with Crippen molar-refractivity contribution in [1.29, 1.82) is 0 Å². The summed E-state index contributed by atoms with van der Waals surface area (Å²) in [5.74, 6) is -1.93. The van der Waals surface area contributed by atoms with Crippen molar-refractivity contribution in [2.45, 2.75) is 19.7 Å². The molecule has 7 nitrogen and oxygen atoms in total. The number of ether oxygens (including phenoxy) is 2. The number of rotatable bonds is 8. The Morgan fingerprint density at radius 1 is 1.00 bits per heavy atom. The molecule has 37 heavy (non-hydrogen) atoms. The summed E-state index contributed by atoms with van der Waals surface area (Å²) in [7, 11) is 1.58. The predicted octanol–water partition coefficient (Wildman–Crippen LogP) is 6.56. The van der Waals surface area contributed by atoms with Crippen LogP contribution in [0.2, 0.25) is 0 Å². The minimum atomic E-state index is -4.47. The molecule has 0 bridgehead atoms. The average molecular weight is 518 g/mol. The van der Waals surface area contributed by atoms with Crippen LogP contribution in [0.4, 0.5) is 22.0 Å². The Kier molecular flexibility index (Phi) is 7.37. The number of pyridine rings is 1. The number of alkyl halides is 3. The van der Waals surface area contributed by atoms with E-state index in [1.807, 2.05) is 0 Å². The molecule has 0 aliphatic heterocycles. The number of nitrogens with zero attached hydrogens (tertiary/aromatic N) is 4. The minimum absolute atomic E-state index is 0.0181. The zero-order valence-corrected chi connectivity index (χ0v) is 19.5. The van der Waals surface area contributed by atoms with Gasteiger partial charge in [-0.25, -0.2) is 14.1 Å². The first-order valence-corrected chi connectivity index (χ1v) is 10.7. The highest BCUT2D eigenvalue weighted by molar-refractivity contribution is 5.84. The van der Waals surface area contributed by atoms with E-state index in [2.05, 4.69) is 15.2 Å². The van der Waals surface area contributed by atoms with E-state index in [4.69, 9.17) is 14.3 Å². The van der Waals surface area contributed by atoms with Crippen LogP contribution >= 0.6 is 0 Å². The van der Waals surface area contributed by atoms with E-state index in [-0.39, 0.29) is 24.1 Å². The zero-order chi connectivity index (χ0) is 26.6. The van der Waals surface area contributed by atoms with Crippen LogP contribution in [0.25, 0.3) is 0 Å². The fourth-order valence-electron chi connectivity index (χ4n) is 3.17. The molecule has 0 spiro atoms. The van der Waals surface area contributed by atoms with E-state index < -0.39 is 23.4 Å². The van der Waals surface area contributed by atoms with Gasteiger partial charge in [0.25, 0.3) is 0 Å². The second-order valence-corrected chi connectivity index (χ2v) is 7.72. The molecule has 0 saturated carbocycles. The van der Waals surface area contributed by atoms with Crippen molar-refractivity contribution in [2.75, 3.05) is 0 Å². The van der Waals surface area contributed by atoms with E-state index >= 15 is 0 Å². The van der Waals surface area contributed by atoms with Crippen molar-refractivity contribution in [3.05, 3.63) is 94.8 Å². The van der Waals surface area contributed by atoms with Crippen LogP contribution < -0.4 is 9.47 Å². The lowest BCUT2D eigenvalue weighted by Gasteiger charge is -2.08. The summed E-state index contributed by atoms with van der Waals surface area (Å²) in [4.78, 5) is 8.98. The molecule has 4 aromatic rings. The van der Waals surface area contributed by atoms with Crippen molar-refractivity contribution in [2.24, 2.45) is 12.2 Å². The second kappa shape index (κ2) is 10.6. The SMILES string of the molecule is Cc1nn(C)c(Oc2cccc(F)c2F)c1/C=N/OCc1ccc(Oc2ccc(C(F)(F)F)cn2)cc1. The van der Waals surface area contributed by atoms with E-state index in [1.165, 1.54) is 23.0 Å². The van der Waals surface area contributed by atoms with E-state index in [0.29, 0.717) is 23.2 Å². The lowest BCUT2D eigenvalue weighted by molar-refractivity contribution is -0.137. The lowest BCUT2D eigenvalue weighted by Crippen LogP contribution is -2.05. The molecule has 0 aliphatic rings. The van der Waals surface area contributed by atoms with Gasteiger partial charge in [-0.3, -0.25) is 0 Å². The summed E-state index contributed by atoms with van der Waals surface area (Å²) >= 11 is 0. The summed E-state index contributed by atoms with van der Waals surface area (Å²) < 4.78 is 77.8. The standard InChI is InChI=1S/C25H19F5N4O3/c1-15-19(24(34(2)33-15)37-21-5-3-4-20(26)23(21)27)13-32-35-14-16-6-9-18(10-7-16)36-22-11-8-17(12-31-22)25(28,29)30/h3-13H,14H2,1-2H3/b32-13+. The Morgan fingerprint density at radius 3 is 2.43 bits per heavy atom. The highest BCUT2D eigenvalue weighted by atomic mass is 19.4. The maximum absolute atomic E-state index is 14.0. The Balaban J connectivity index is 1.36. The molecule has 4 rings (SSSR count). The molecule has 0 saturated heterocycles. The Bertz CT molecular complexity index is 1400. The molecule has 0 fully saturated rings. The van der Waals surface area contributed by atoms with E-state index in [1.54, 1.807) is 38.2 Å². The fraction of sp³-hybridized carbons (Fsp3) is 0.160. The Morgan fingerprint density at radius 2 is 1.76 bits per heavy atom.